The smallest absolute Gasteiger partial charge is 0.244 e. The lowest BCUT2D eigenvalue weighted by Crippen LogP contribution is -2.42. The van der Waals surface area contributed by atoms with Crippen LogP contribution in [-0.4, -0.2) is 22.4 Å². The molecular weight excluding hydrogens is 214 g/mol. The second-order valence-electron chi connectivity index (χ2n) is 3.46. The van der Waals surface area contributed by atoms with Gasteiger partial charge < -0.3 is 0 Å². The van der Waals surface area contributed by atoms with Crippen molar-refractivity contribution in [2.75, 3.05) is 7.05 Å². The molecule has 0 aliphatic rings. The van der Waals surface area contributed by atoms with E-state index in [-0.39, 0.29) is 10.4 Å². The van der Waals surface area contributed by atoms with E-state index in [9.17, 15) is 4.79 Å². The monoisotopic (exact) mass is 224 g/mol. The summed E-state index contributed by atoms with van der Waals surface area (Å²) in [5, 5.41) is 9.32. The van der Waals surface area contributed by atoms with Gasteiger partial charge in [-0.1, -0.05) is 11.6 Å². The highest BCUT2D eigenvalue weighted by atomic mass is 35.5. The Morgan fingerprint density at radius 1 is 1.67 bits per heavy atom. The third-order valence-electron chi connectivity index (χ3n) is 2.20. The Morgan fingerprint density at radius 2 is 2.33 bits per heavy atom. The quantitative estimate of drug-likeness (QED) is 0.437. The van der Waals surface area contributed by atoms with Crippen LogP contribution < -0.4 is 0 Å². The first-order valence-corrected chi connectivity index (χ1v) is 4.74. The van der Waals surface area contributed by atoms with Crippen molar-refractivity contribution < 1.29 is 9.28 Å². The fourth-order valence-electron chi connectivity index (χ4n) is 1.08. The first-order valence-electron chi connectivity index (χ1n) is 4.36. The van der Waals surface area contributed by atoms with Crippen molar-refractivity contribution in [1.29, 1.82) is 5.26 Å². The zero-order valence-corrected chi connectivity index (χ0v) is 9.32. The molecule has 15 heavy (non-hydrogen) atoms. The van der Waals surface area contributed by atoms with Crippen LogP contribution >= 0.6 is 11.6 Å². The Kier molecular flexibility index (Phi) is 3.40. The lowest BCUT2D eigenvalue weighted by Gasteiger charge is -2.19. The number of carbonyl (C=O) groups excluding carboxylic acids is 1. The molecule has 1 amide bonds. The molecule has 1 aromatic rings. The Morgan fingerprint density at radius 3 is 2.73 bits per heavy atom. The van der Waals surface area contributed by atoms with Crippen LogP contribution in [0.25, 0.3) is 0 Å². The van der Waals surface area contributed by atoms with E-state index in [1.165, 1.54) is 6.92 Å². The molecule has 5 heteroatoms. The second-order valence-corrected chi connectivity index (χ2v) is 3.85. The Hall–Kier alpha value is -1.44. The number of quaternary nitrogens is 1. The number of nitrogens with zero attached hydrogens (tertiary/aromatic N) is 3. The SMILES string of the molecule is CC(=O)[N+](C)(C#N)Cc1ccc(Cl)nc1. The topological polar surface area (TPSA) is 53.8 Å². The van der Waals surface area contributed by atoms with Gasteiger partial charge >= 0.3 is 12.1 Å². The van der Waals surface area contributed by atoms with Crippen molar-refractivity contribution >= 4 is 17.5 Å². The third-order valence-corrected chi connectivity index (χ3v) is 2.43. The van der Waals surface area contributed by atoms with Crippen LogP contribution in [-0.2, 0) is 11.3 Å². The molecule has 0 bridgehead atoms. The largest absolute Gasteiger partial charge is 0.325 e. The third kappa shape index (κ3) is 2.75. The van der Waals surface area contributed by atoms with Gasteiger partial charge in [0, 0.05) is 11.8 Å². The minimum absolute atomic E-state index is 0.201. The van der Waals surface area contributed by atoms with E-state index in [1.54, 1.807) is 25.4 Å². The van der Waals surface area contributed by atoms with Gasteiger partial charge in [0.2, 0.25) is 0 Å². The fourth-order valence-corrected chi connectivity index (χ4v) is 1.19. The van der Waals surface area contributed by atoms with Crippen LogP contribution in [0.3, 0.4) is 0 Å². The maximum atomic E-state index is 11.3. The van der Waals surface area contributed by atoms with Gasteiger partial charge in [-0.3, -0.25) is 0 Å². The molecule has 0 aliphatic carbocycles. The molecule has 1 heterocycles. The average molecular weight is 225 g/mol. The average Bonchev–Trinajstić information content (AvgIpc) is 2.21. The maximum Gasteiger partial charge on any atom is 0.325 e. The van der Waals surface area contributed by atoms with Crippen molar-refractivity contribution in [1.82, 2.24) is 4.98 Å². The molecule has 0 saturated carbocycles. The molecule has 0 aliphatic heterocycles. The lowest BCUT2D eigenvalue weighted by molar-refractivity contribution is -0.780. The van der Waals surface area contributed by atoms with Gasteiger partial charge in [-0.2, -0.15) is 4.48 Å². The predicted octanol–water partition coefficient (Wildman–Crippen LogP) is 1.71. The lowest BCUT2D eigenvalue weighted by atomic mass is 10.2. The first-order chi connectivity index (χ1) is 6.98. The molecule has 0 saturated heterocycles. The summed E-state index contributed by atoms with van der Waals surface area (Å²) < 4.78 is -0.302. The molecule has 0 radical (unpaired) electrons. The second kappa shape index (κ2) is 4.39. The predicted molar refractivity (Wildman–Crippen MR) is 55.4 cm³/mol. The van der Waals surface area contributed by atoms with Crippen LogP contribution in [0.1, 0.15) is 12.5 Å². The van der Waals surface area contributed by atoms with Gasteiger partial charge in [-0.25, -0.2) is 9.78 Å². The van der Waals surface area contributed by atoms with Crippen LogP contribution in [0, 0.1) is 11.5 Å². The minimum atomic E-state index is -0.302. The number of halogens is 1. The number of pyridine rings is 1. The van der Waals surface area contributed by atoms with Gasteiger partial charge in [0.05, 0.1) is 14.0 Å². The summed E-state index contributed by atoms with van der Waals surface area (Å²) in [6.07, 6.45) is 3.54. The highest BCUT2D eigenvalue weighted by Gasteiger charge is 2.28. The van der Waals surface area contributed by atoms with E-state index in [0.29, 0.717) is 11.7 Å². The number of hydrogen-bond donors (Lipinski definition) is 0. The van der Waals surface area contributed by atoms with Crippen molar-refractivity contribution in [3.05, 3.63) is 29.0 Å². The summed E-state index contributed by atoms with van der Waals surface area (Å²) in [5.41, 5.74) is 0.804. The van der Waals surface area contributed by atoms with Crippen molar-refractivity contribution in [3.63, 3.8) is 0 Å². The normalized spacial score (nSPS) is 14.0. The van der Waals surface area contributed by atoms with Gasteiger partial charge in [-0.05, 0) is 12.1 Å². The van der Waals surface area contributed by atoms with Gasteiger partial charge in [-0.15, -0.1) is 5.26 Å². The fraction of sp³-hybridized carbons (Fsp3) is 0.300. The number of amides is 1. The van der Waals surface area contributed by atoms with E-state index in [4.69, 9.17) is 16.9 Å². The Bertz CT molecular complexity index is 410. The molecule has 4 nitrogen and oxygen atoms in total. The van der Waals surface area contributed by atoms with Crippen molar-refractivity contribution in [2.45, 2.75) is 13.5 Å². The van der Waals surface area contributed by atoms with Gasteiger partial charge in [0.25, 0.3) is 0 Å². The number of nitriles is 1. The van der Waals surface area contributed by atoms with E-state index >= 15 is 0 Å². The molecule has 1 atom stereocenters. The van der Waals surface area contributed by atoms with Gasteiger partial charge in [0.15, 0.2) is 0 Å². The summed E-state index contributed by atoms with van der Waals surface area (Å²) in [7, 11) is 1.57. The van der Waals surface area contributed by atoms with Crippen LogP contribution in [0.2, 0.25) is 5.15 Å². The van der Waals surface area contributed by atoms with Crippen molar-refractivity contribution in [2.24, 2.45) is 0 Å². The molecule has 0 aromatic carbocycles. The van der Waals surface area contributed by atoms with E-state index in [2.05, 4.69) is 4.98 Å². The molecule has 1 unspecified atom stereocenters. The molecule has 78 valence electrons. The van der Waals surface area contributed by atoms with E-state index < -0.39 is 0 Å². The molecule has 1 rings (SSSR count). The standard InChI is InChI=1S/C10H11ClN3O/c1-8(15)14(2,7-12)6-9-3-4-10(11)13-5-9/h3-5H,6H2,1-2H3/q+1. The summed E-state index contributed by atoms with van der Waals surface area (Å²) in [4.78, 5) is 15.2. The summed E-state index contributed by atoms with van der Waals surface area (Å²) in [6, 6.07) is 3.39. The Labute approximate surface area is 93.3 Å². The van der Waals surface area contributed by atoms with E-state index in [1.807, 2.05) is 6.19 Å². The number of hydrogen-bond acceptors (Lipinski definition) is 3. The number of rotatable bonds is 2. The zero-order valence-electron chi connectivity index (χ0n) is 8.57. The Balaban J connectivity index is 2.90. The maximum absolute atomic E-state index is 11.3. The highest BCUT2D eigenvalue weighted by molar-refractivity contribution is 6.29. The summed E-state index contributed by atoms with van der Waals surface area (Å²) >= 11 is 5.63. The number of aromatic nitrogens is 1. The summed E-state index contributed by atoms with van der Waals surface area (Å²) in [6.45, 7) is 1.70. The molecule has 0 spiro atoms. The molecule has 1 aromatic heterocycles. The highest BCUT2D eigenvalue weighted by Crippen LogP contribution is 2.12. The molecule has 0 N–H and O–H groups in total. The molecular formula is C10H11ClN3O+. The van der Waals surface area contributed by atoms with Crippen molar-refractivity contribution in [3.8, 4) is 6.19 Å². The molecule has 0 fully saturated rings. The zero-order chi connectivity index (χ0) is 11.5. The van der Waals surface area contributed by atoms with Crippen LogP contribution in [0.4, 0.5) is 0 Å². The number of carbonyl (C=O) groups is 1. The first kappa shape index (κ1) is 11.6. The van der Waals surface area contributed by atoms with Crippen LogP contribution in [0.15, 0.2) is 18.3 Å². The van der Waals surface area contributed by atoms with Crippen LogP contribution in [0.5, 0.6) is 0 Å². The van der Waals surface area contributed by atoms with Gasteiger partial charge in [0.1, 0.15) is 11.7 Å². The summed E-state index contributed by atoms with van der Waals surface area (Å²) in [5.74, 6) is -0.201. The minimum Gasteiger partial charge on any atom is -0.244 e. The van der Waals surface area contributed by atoms with E-state index in [0.717, 1.165) is 5.56 Å².